The van der Waals surface area contributed by atoms with Crippen molar-refractivity contribution in [1.82, 2.24) is 20.3 Å². The van der Waals surface area contributed by atoms with E-state index in [1.807, 2.05) is 24.3 Å². The van der Waals surface area contributed by atoms with E-state index in [4.69, 9.17) is 22.2 Å². The van der Waals surface area contributed by atoms with Crippen molar-refractivity contribution in [2.45, 2.75) is 13.8 Å². The van der Waals surface area contributed by atoms with Gasteiger partial charge in [0, 0.05) is 17.0 Å². The van der Waals surface area contributed by atoms with E-state index >= 15 is 0 Å². The molecule has 0 saturated carbocycles. The van der Waals surface area contributed by atoms with Gasteiger partial charge in [-0.1, -0.05) is 48.2 Å². The van der Waals surface area contributed by atoms with Crippen molar-refractivity contribution in [3.8, 4) is 22.8 Å². The molecule has 1 aliphatic heterocycles. The van der Waals surface area contributed by atoms with Crippen LogP contribution in [-0.2, 0) is 0 Å². The van der Waals surface area contributed by atoms with E-state index in [9.17, 15) is 0 Å². The number of benzene rings is 2. The first-order valence-corrected chi connectivity index (χ1v) is 11.0. The van der Waals surface area contributed by atoms with Crippen LogP contribution in [-0.4, -0.2) is 25.8 Å². The average molecular weight is 429 g/mol. The first-order valence-electron chi connectivity index (χ1n) is 9.76. The number of imidazole rings is 1. The van der Waals surface area contributed by atoms with Gasteiger partial charge in [0.15, 0.2) is 5.82 Å². The van der Waals surface area contributed by atoms with Crippen molar-refractivity contribution < 1.29 is 0 Å². The number of thiocarbonyl (C=S) groups is 1. The third kappa shape index (κ3) is 3.76. The van der Waals surface area contributed by atoms with E-state index in [-0.39, 0.29) is 0 Å². The normalized spacial score (nSPS) is 15.1. The lowest BCUT2D eigenvalue weighted by atomic mass is 10.0. The lowest BCUT2D eigenvalue weighted by Gasteiger charge is -2.06. The van der Waals surface area contributed by atoms with E-state index in [1.54, 1.807) is 11.8 Å². The number of aryl methyl sites for hydroxylation is 2. The number of aromatic nitrogens is 3. The quantitative estimate of drug-likeness (QED) is 0.400. The Morgan fingerprint density at radius 3 is 2.63 bits per heavy atom. The second-order valence-corrected chi connectivity index (χ2v) is 9.23. The van der Waals surface area contributed by atoms with Crippen LogP contribution in [0.3, 0.4) is 0 Å². The highest BCUT2D eigenvalue weighted by Crippen LogP contribution is 2.27. The summed E-state index contributed by atoms with van der Waals surface area (Å²) < 4.78 is 0.834. The molecule has 6 heteroatoms. The fraction of sp³-hybridized carbons (Fsp3) is 0.125. The van der Waals surface area contributed by atoms with E-state index in [2.05, 4.69) is 60.6 Å². The number of hydrogen-bond donors (Lipinski definition) is 2. The van der Waals surface area contributed by atoms with Gasteiger partial charge in [-0.15, -0.1) is 0 Å². The van der Waals surface area contributed by atoms with Crippen molar-refractivity contribution in [2.24, 2.45) is 0 Å². The Balaban J connectivity index is 1.49. The predicted octanol–water partition coefficient (Wildman–Crippen LogP) is 5.87. The Morgan fingerprint density at radius 1 is 0.967 bits per heavy atom. The SMILES string of the molecule is Cc1ccc(-c2cccc(-c3nc4ccc(C=C5CNC(=S)S5)cc4[nH]3)n2)cc1C. The molecule has 1 saturated heterocycles. The zero-order valence-electron chi connectivity index (χ0n) is 16.7. The molecule has 4 nitrogen and oxygen atoms in total. The number of fused-ring (bicyclic) bond motifs is 1. The highest BCUT2D eigenvalue weighted by Gasteiger charge is 2.13. The molecular weight excluding hydrogens is 408 g/mol. The van der Waals surface area contributed by atoms with Gasteiger partial charge < -0.3 is 10.3 Å². The van der Waals surface area contributed by atoms with E-state index in [1.165, 1.54) is 16.0 Å². The Labute approximate surface area is 184 Å². The van der Waals surface area contributed by atoms with Crippen LogP contribution in [0.4, 0.5) is 0 Å². The summed E-state index contributed by atoms with van der Waals surface area (Å²) in [5.41, 5.74) is 8.50. The minimum absolute atomic E-state index is 0.776. The van der Waals surface area contributed by atoms with Gasteiger partial charge in [-0.05, 0) is 66.9 Å². The van der Waals surface area contributed by atoms with Gasteiger partial charge in [0.25, 0.3) is 0 Å². The van der Waals surface area contributed by atoms with Crippen molar-refractivity contribution in [3.05, 3.63) is 76.2 Å². The average Bonchev–Trinajstić information content (AvgIpc) is 3.36. The summed E-state index contributed by atoms with van der Waals surface area (Å²) in [6, 6.07) is 18.8. The molecule has 0 amide bonds. The van der Waals surface area contributed by atoms with Gasteiger partial charge in [-0.3, -0.25) is 0 Å². The Bertz CT molecular complexity index is 1320. The van der Waals surface area contributed by atoms with Crippen molar-refractivity contribution in [2.75, 3.05) is 6.54 Å². The molecule has 5 rings (SSSR count). The molecule has 1 aliphatic rings. The molecule has 0 atom stereocenters. The molecule has 2 N–H and O–H groups in total. The number of thioether (sulfide) groups is 1. The lowest BCUT2D eigenvalue weighted by Crippen LogP contribution is -2.09. The van der Waals surface area contributed by atoms with Crippen LogP contribution >= 0.6 is 24.0 Å². The Hall–Kier alpha value is -2.96. The van der Waals surface area contributed by atoms with Gasteiger partial charge in [0.05, 0.1) is 16.7 Å². The fourth-order valence-electron chi connectivity index (χ4n) is 3.48. The smallest absolute Gasteiger partial charge is 0.157 e. The van der Waals surface area contributed by atoms with Crippen LogP contribution in [0.5, 0.6) is 0 Å². The predicted molar refractivity (Wildman–Crippen MR) is 130 cm³/mol. The van der Waals surface area contributed by atoms with Crippen LogP contribution in [0.15, 0.2) is 59.5 Å². The van der Waals surface area contributed by atoms with Crippen molar-refractivity contribution in [1.29, 1.82) is 0 Å². The second-order valence-electron chi connectivity index (χ2n) is 7.42. The van der Waals surface area contributed by atoms with Gasteiger partial charge in [0.1, 0.15) is 10.0 Å². The highest BCUT2D eigenvalue weighted by molar-refractivity contribution is 8.26. The molecule has 0 spiro atoms. The number of pyridine rings is 1. The highest BCUT2D eigenvalue weighted by atomic mass is 32.2. The Kier molecular flexibility index (Phi) is 4.89. The molecular formula is C24H20N4S2. The number of rotatable bonds is 3. The molecule has 2 aromatic heterocycles. The standard InChI is InChI=1S/C24H20N4S2/c1-14-6-8-17(10-15(14)2)19-4-3-5-21(26-19)23-27-20-9-7-16(12-22(20)28-23)11-18-13-25-24(29)30-18/h3-12H,13H2,1-2H3,(H,25,29)(H,27,28). The summed E-state index contributed by atoms with van der Waals surface area (Å²) >= 11 is 6.81. The van der Waals surface area contributed by atoms with E-state index in [0.29, 0.717) is 0 Å². The van der Waals surface area contributed by atoms with Crippen molar-refractivity contribution in [3.63, 3.8) is 0 Å². The molecule has 2 aromatic carbocycles. The third-order valence-corrected chi connectivity index (χ3v) is 6.51. The monoisotopic (exact) mass is 428 g/mol. The largest absolute Gasteiger partial charge is 0.366 e. The second kappa shape index (κ2) is 7.70. The number of hydrogen-bond acceptors (Lipinski definition) is 4. The molecule has 30 heavy (non-hydrogen) atoms. The lowest BCUT2D eigenvalue weighted by molar-refractivity contribution is 1.09. The minimum Gasteiger partial charge on any atom is -0.366 e. The first kappa shape index (κ1) is 19.0. The van der Waals surface area contributed by atoms with Gasteiger partial charge >= 0.3 is 0 Å². The van der Waals surface area contributed by atoms with Crippen LogP contribution < -0.4 is 5.32 Å². The van der Waals surface area contributed by atoms with Gasteiger partial charge in [0.2, 0.25) is 0 Å². The number of nitrogens with one attached hydrogen (secondary N) is 2. The molecule has 0 radical (unpaired) electrons. The first-order chi connectivity index (χ1) is 14.5. The fourth-order valence-corrected chi connectivity index (χ4v) is 4.60. The molecule has 1 fully saturated rings. The molecule has 0 aliphatic carbocycles. The summed E-state index contributed by atoms with van der Waals surface area (Å²) in [4.78, 5) is 14.3. The maximum Gasteiger partial charge on any atom is 0.157 e. The molecule has 0 unspecified atom stereocenters. The molecule has 4 aromatic rings. The zero-order chi connectivity index (χ0) is 20.7. The molecule has 0 bridgehead atoms. The summed E-state index contributed by atoms with van der Waals surface area (Å²) in [5.74, 6) is 0.776. The molecule has 148 valence electrons. The van der Waals surface area contributed by atoms with Crippen LogP contribution in [0.2, 0.25) is 0 Å². The summed E-state index contributed by atoms with van der Waals surface area (Å²) in [6.45, 7) is 5.05. The van der Waals surface area contributed by atoms with Crippen LogP contribution in [0.1, 0.15) is 16.7 Å². The third-order valence-electron chi connectivity index (χ3n) is 5.26. The van der Waals surface area contributed by atoms with Crippen LogP contribution in [0, 0.1) is 13.8 Å². The Morgan fingerprint density at radius 2 is 1.83 bits per heavy atom. The number of aromatic amines is 1. The van der Waals surface area contributed by atoms with Gasteiger partial charge in [-0.25, -0.2) is 9.97 Å². The van der Waals surface area contributed by atoms with Gasteiger partial charge in [-0.2, -0.15) is 0 Å². The minimum atomic E-state index is 0.776. The topological polar surface area (TPSA) is 53.6 Å². The zero-order valence-corrected chi connectivity index (χ0v) is 18.3. The summed E-state index contributed by atoms with van der Waals surface area (Å²) in [6.07, 6.45) is 2.16. The number of H-pyrrole nitrogens is 1. The van der Waals surface area contributed by atoms with E-state index in [0.717, 1.165) is 50.2 Å². The molecule has 3 heterocycles. The number of nitrogens with zero attached hydrogens (tertiary/aromatic N) is 2. The summed E-state index contributed by atoms with van der Waals surface area (Å²) in [7, 11) is 0. The van der Waals surface area contributed by atoms with Crippen LogP contribution in [0.25, 0.3) is 39.9 Å². The van der Waals surface area contributed by atoms with Crippen molar-refractivity contribution >= 4 is 45.4 Å². The summed E-state index contributed by atoms with van der Waals surface area (Å²) in [5, 5.41) is 3.18. The maximum atomic E-state index is 5.19. The maximum absolute atomic E-state index is 5.19. The van der Waals surface area contributed by atoms with E-state index < -0.39 is 0 Å².